The van der Waals surface area contributed by atoms with Gasteiger partial charge in [-0.15, -0.1) is 0 Å². The predicted molar refractivity (Wildman–Crippen MR) is 72.5 cm³/mol. The molecule has 0 radical (unpaired) electrons. The molecule has 0 aromatic heterocycles. The van der Waals surface area contributed by atoms with Gasteiger partial charge in [0, 0.05) is 13.0 Å². The molecule has 7 nitrogen and oxygen atoms in total. The molecular weight excluding hydrogens is 260 g/mol. The smallest absolute Gasteiger partial charge is 0.325 e. The molecule has 1 aromatic rings. The molecule has 1 aliphatic heterocycles. The minimum atomic E-state index is -0.694. The number of benzene rings is 1. The number of nitrogens with one attached hydrogen (secondary N) is 2. The Balaban J connectivity index is 2.12. The Morgan fingerprint density at radius 1 is 1.40 bits per heavy atom. The van der Waals surface area contributed by atoms with Crippen molar-refractivity contribution in [1.82, 2.24) is 10.2 Å². The summed E-state index contributed by atoms with van der Waals surface area (Å²) in [6, 6.07) is 5.77. The molecule has 0 aliphatic carbocycles. The van der Waals surface area contributed by atoms with Gasteiger partial charge in [-0.1, -0.05) is 12.1 Å². The summed E-state index contributed by atoms with van der Waals surface area (Å²) in [6.45, 7) is 0.118. The second kappa shape index (κ2) is 5.60. The highest BCUT2D eigenvalue weighted by Crippen LogP contribution is 2.23. The van der Waals surface area contributed by atoms with Gasteiger partial charge >= 0.3 is 6.03 Å². The van der Waals surface area contributed by atoms with Gasteiger partial charge in [0.2, 0.25) is 0 Å². The van der Waals surface area contributed by atoms with E-state index in [1.54, 1.807) is 31.4 Å². The van der Waals surface area contributed by atoms with Crippen LogP contribution in [0.1, 0.15) is 18.0 Å². The van der Waals surface area contributed by atoms with Crippen molar-refractivity contribution in [3.63, 3.8) is 0 Å². The molecule has 0 bridgehead atoms. The molecule has 1 unspecified atom stereocenters. The van der Waals surface area contributed by atoms with Crippen LogP contribution in [-0.4, -0.2) is 36.3 Å². The van der Waals surface area contributed by atoms with Crippen LogP contribution in [0.5, 0.6) is 5.75 Å². The zero-order valence-electron chi connectivity index (χ0n) is 11.1. The van der Waals surface area contributed by atoms with E-state index >= 15 is 0 Å². The van der Waals surface area contributed by atoms with Crippen molar-refractivity contribution in [3.8, 4) is 5.75 Å². The zero-order chi connectivity index (χ0) is 14.7. The molecular formula is C13H16N4O3. The first kappa shape index (κ1) is 13.9. The molecule has 1 heterocycles. The average molecular weight is 276 g/mol. The normalized spacial score (nSPS) is 18.1. The Labute approximate surface area is 116 Å². The number of hydrogen-bond acceptors (Lipinski definition) is 4. The largest absolute Gasteiger partial charge is 0.497 e. The van der Waals surface area contributed by atoms with Gasteiger partial charge in [0.1, 0.15) is 11.8 Å². The maximum atomic E-state index is 12.2. The number of rotatable bonds is 5. The number of carbonyl (C=O) groups is 2. The lowest BCUT2D eigenvalue weighted by Crippen LogP contribution is -2.33. The third kappa shape index (κ3) is 2.71. The Bertz CT molecular complexity index is 541. The third-order valence-corrected chi connectivity index (χ3v) is 3.08. The van der Waals surface area contributed by atoms with Crippen LogP contribution in [0.25, 0.3) is 0 Å². The van der Waals surface area contributed by atoms with E-state index in [0.29, 0.717) is 11.3 Å². The van der Waals surface area contributed by atoms with Crippen molar-refractivity contribution in [2.75, 3.05) is 13.7 Å². The molecule has 2 rings (SSSR count). The first-order chi connectivity index (χ1) is 9.52. The standard InChI is InChI=1S/C13H16N4O3/c1-20-9-4-2-8(3-5-9)11-12(18)17(13(19)16-11)7-6-10(14)15/h2-5,11H,6-7H2,1H3,(H3,14,15)(H,16,19). The van der Waals surface area contributed by atoms with Gasteiger partial charge in [-0.25, -0.2) is 4.79 Å². The van der Waals surface area contributed by atoms with Gasteiger partial charge in [-0.05, 0) is 17.7 Å². The zero-order valence-corrected chi connectivity index (χ0v) is 11.1. The first-order valence-corrected chi connectivity index (χ1v) is 6.11. The first-order valence-electron chi connectivity index (χ1n) is 6.11. The Hall–Kier alpha value is -2.57. The Morgan fingerprint density at radius 3 is 2.60 bits per heavy atom. The molecule has 1 saturated heterocycles. The molecule has 3 amide bonds. The summed E-state index contributed by atoms with van der Waals surface area (Å²) in [5, 5.41) is 9.76. The molecule has 1 aliphatic rings. The van der Waals surface area contributed by atoms with E-state index in [0.717, 1.165) is 4.90 Å². The number of amidine groups is 1. The average Bonchev–Trinajstić information content (AvgIpc) is 2.72. The summed E-state index contributed by atoms with van der Waals surface area (Å²) in [5.74, 6) is 0.291. The van der Waals surface area contributed by atoms with Crippen molar-refractivity contribution in [2.45, 2.75) is 12.5 Å². The molecule has 20 heavy (non-hydrogen) atoms. The highest BCUT2D eigenvalue weighted by molar-refractivity contribution is 6.04. The van der Waals surface area contributed by atoms with Crippen molar-refractivity contribution in [3.05, 3.63) is 29.8 Å². The summed E-state index contributed by atoms with van der Waals surface area (Å²) in [5.41, 5.74) is 5.93. The fraction of sp³-hybridized carbons (Fsp3) is 0.308. The van der Waals surface area contributed by atoms with Crippen molar-refractivity contribution in [2.24, 2.45) is 5.73 Å². The number of carbonyl (C=O) groups excluding carboxylic acids is 2. The number of nitrogens with two attached hydrogens (primary N) is 1. The second-order valence-electron chi connectivity index (χ2n) is 4.42. The fourth-order valence-corrected chi connectivity index (χ4v) is 1.99. The summed E-state index contributed by atoms with van der Waals surface area (Å²) in [6.07, 6.45) is 0.175. The van der Waals surface area contributed by atoms with Crippen LogP contribution in [0.15, 0.2) is 24.3 Å². The van der Waals surface area contributed by atoms with Crippen molar-refractivity contribution >= 4 is 17.8 Å². The van der Waals surface area contributed by atoms with Gasteiger partial charge in [0.05, 0.1) is 12.9 Å². The van der Waals surface area contributed by atoms with E-state index in [4.69, 9.17) is 15.9 Å². The van der Waals surface area contributed by atoms with E-state index in [-0.39, 0.29) is 24.7 Å². The van der Waals surface area contributed by atoms with Crippen LogP contribution in [0.4, 0.5) is 4.79 Å². The van der Waals surface area contributed by atoms with Crippen LogP contribution in [0.2, 0.25) is 0 Å². The summed E-state index contributed by atoms with van der Waals surface area (Å²) in [4.78, 5) is 25.0. The SMILES string of the molecule is COc1ccc(C2NC(=O)N(CCC(=N)N)C2=O)cc1. The monoisotopic (exact) mass is 276 g/mol. The molecule has 4 N–H and O–H groups in total. The lowest BCUT2D eigenvalue weighted by Gasteiger charge is -2.12. The number of methoxy groups -OCH3 is 1. The van der Waals surface area contributed by atoms with Crippen LogP contribution >= 0.6 is 0 Å². The number of urea groups is 1. The van der Waals surface area contributed by atoms with Gasteiger partial charge in [-0.3, -0.25) is 15.1 Å². The highest BCUT2D eigenvalue weighted by atomic mass is 16.5. The summed E-state index contributed by atoms with van der Waals surface area (Å²) in [7, 11) is 1.56. The van der Waals surface area contributed by atoms with E-state index in [9.17, 15) is 9.59 Å². The van der Waals surface area contributed by atoms with Gasteiger partial charge < -0.3 is 15.8 Å². The number of ether oxygens (including phenoxy) is 1. The summed E-state index contributed by atoms with van der Waals surface area (Å²) < 4.78 is 5.05. The lowest BCUT2D eigenvalue weighted by atomic mass is 10.1. The topological polar surface area (TPSA) is 109 Å². The van der Waals surface area contributed by atoms with Crippen LogP contribution in [0, 0.1) is 5.41 Å². The molecule has 106 valence electrons. The maximum Gasteiger partial charge on any atom is 0.325 e. The van der Waals surface area contributed by atoms with Crippen molar-refractivity contribution < 1.29 is 14.3 Å². The molecule has 0 spiro atoms. The third-order valence-electron chi connectivity index (χ3n) is 3.08. The van der Waals surface area contributed by atoms with Crippen LogP contribution < -0.4 is 15.8 Å². The minimum Gasteiger partial charge on any atom is -0.497 e. The highest BCUT2D eigenvalue weighted by Gasteiger charge is 2.38. The second-order valence-corrected chi connectivity index (χ2v) is 4.42. The molecule has 1 fully saturated rings. The maximum absolute atomic E-state index is 12.2. The van der Waals surface area contributed by atoms with E-state index in [1.165, 1.54) is 0 Å². The van der Waals surface area contributed by atoms with Gasteiger partial charge in [0.15, 0.2) is 0 Å². The number of hydrogen-bond donors (Lipinski definition) is 3. The number of nitrogens with zero attached hydrogens (tertiary/aromatic N) is 1. The molecule has 1 aromatic carbocycles. The Kier molecular flexibility index (Phi) is 3.88. The minimum absolute atomic E-state index is 0.0569. The quantitative estimate of drug-likeness (QED) is 0.416. The summed E-state index contributed by atoms with van der Waals surface area (Å²) >= 11 is 0. The lowest BCUT2D eigenvalue weighted by molar-refractivity contribution is -0.127. The van der Waals surface area contributed by atoms with Gasteiger partial charge in [-0.2, -0.15) is 0 Å². The van der Waals surface area contributed by atoms with Crippen molar-refractivity contribution in [1.29, 1.82) is 5.41 Å². The number of imide groups is 1. The van der Waals surface area contributed by atoms with Crippen LogP contribution in [0.3, 0.4) is 0 Å². The van der Waals surface area contributed by atoms with Gasteiger partial charge in [0.25, 0.3) is 5.91 Å². The molecule has 7 heteroatoms. The molecule has 0 saturated carbocycles. The Morgan fingerprint density at radius 2 is 2.05 bits per heavy atom. The van der Waals surface area contributed by atoms with E-state index in [2.05, 4.69) is 5.32 Å². The van der Waals surface area contributed by atoms with Crippen LogP contribution in [-0.2, 0) is 4.79 Å². The van der Waals surface area contributed by atoms with E-state index < -0.39 is 12.1 Å². The number of amides is 3. The molecule has 1 atom stereocenters. The fourth-order valence-electron chi connectivity index (χ4n) is 1.99. The predicted octanol–water partition coefficient (Wildman–Crippen LogP) is 0.614. The van der Waals surface area contributed by atoms with E-state index in [1.807, 2.05) is 0 Å².